The number of carboxylic acids is 1. The second kappa shape index (κ2) is 4.08. The van der Waals surface area contributed by atoms with Crippen LogP contribution in [-0.4, -0.2) is 41.3 Å². The summed E-state index contributed by atoms with van der Waals surface area (Å²) >= 11 is 0. The lowest BCUT2D eigenvalue weighted by molar-refractivity contribution is -0.141. The maximum absolute atomic E-state index is 11.4. The molecule has 1 aliphatic heterocycles. The number of amides is 1. The van der Waals surface area contributed by atoms with E-state index in [0.717, 1.165) is 12.8 Å². The summed E-state index contributed by atoms with van der Waals surface area (Å²) in [5.41, 5.74) is 0. The van der Waals surface area contributed by atoms with Gasteiger partial charge < -0.3 is 14.7 Å². The van der Waals surface area contributed by atoms with Gasteiger partial charge in [0, 0.05) is 12.6 Å². The molecule has 2 unspecified atom stereocenters. The number of ether oxygens (including phenoxy) is 1. The van der Waals surface area contributed by atoms with Crippen molar-refractivity contribution in [2.24, 2.45) is 5.92 Å². The SMILES string of the molecule is O=C(O)C1CCC(N2CCCOC2=O)C1. The molecule has 1 amide bonds. The minimum Gasteiger partial charge on any atom is -0.481 e. The minimum atomic E-state index is -0.747. The first-order valence-corrected chi connectivity index (χ1v) is 5.34. The fraction of sp³-hybridized carbons (Fsp3) is 0.800. The van der Waals surface area contributed by atoms with Gasteiger partial charge in [0.05, 0.1) is 12.5 Å². The Morgan fingerprint density at radius 1 is 1.47 bits per heavy atom. The van der Waals surface area contributed by atoms with Gasteiger partial charge in [0.1, 0.15) is 0 Å². The van der Waals surface area contributed by atoms with Crippen LogP contribution in [0.1, 0.15) is 25.7 Å². The van der Waals surface area contributed by atoms with Gasteiger partial charge in [-0.2, -0.15) is 0 Å². The molecule has 5 nitrogen and oxygen atoms in total. The summed E-state index contributed by atoms with van der Waals surface area (Å²) in [4.78, 5) is 23.9. The summed E-state index contributed by atoms with van der Waals surface area (Å²) in [6, 6.07) is 0.0684. The predicted molar refractivity (Wildman–Crippen MR) is 51.4 cm³/mol. The van der Waals surface area contributed by atoms with Crippen molar-refractivity contribution in [1.82, 2.24) is 4.90 Å². The monoisotopic (exact) mass is 213 g/mol. The zero-order valence-electron chi connectivity index (χ0n) is 8.52. The van der Waals surface area contributed by atoms with Crippen LogP contribution in [0.15, 0.2) is 0 Å². The number of carbonyl (C=O) groups excluding carboxylic acids is 1. The normalized spacial score (nSPS) is 31.5. The largest absolute Gasteiger partial charge is 0.481 e. The van der Waals surface area contributed by atoms with Crippen LogP contribution in [0.2, 0.25) is 0 Å². The number of carbonyl (C=O) groups is 2. The molecule has 0 bridgehead atoms. The molecule has 2 rings (SSSR count). The molecule has 2 fully saturated rings. The van der Waals surface area contributed by atoms with Gasteiger partial charge in [0.2, 0.25) is 0 Å². The molecule has 2 atom stereocenters. The molecule has 1 saturated heterocycles. The zero-order chi connectivity index (χ0) is 10.8. The fourth-order valence-electron chi connectivity index (χ4n) is 2.37. The molecular weight excluding hydrogens is 198 g/mol. The molecule has 0 radical (unpaired) electrons. The Morgan fingerprint density at radius 3 is 2.87 bits per heavy atom. The van der Waals surface area contributed by atoms with E-state index < -0.39 is 5.97 Å². The topological polar surface area (TPSA) is 66.8 Å². The van der Waals surface area contributed by atoms with Crippen LogP contribution in [-0.2, 0) is 9.53 Å². The molecule has 0 spiro atoms. The number of hydrogen-bond acceptors (Lipinski definition) is 3. The van der Waals surface area contributed by atoms with Crippen molar-refractivity contribution in [3.8, 4) is 0 Å². The molecule has 1 saturated carbocycles. The van der Waals surface area contributed by atoms with Crippen LogP contribution < -0.4 is 0 Å². The molecule has 1 aliphatic carbocycles. The van der Waals surface area contributed by atoms with Gasteiger partial charge in [0.15, 0.2) is 0 Å². The van der Waals surface area contributed by atoms with E-state index in [1.165, 1.54) is 0 Å². The highest BCUT2D eigenvalue weighted by Crippen LogP contribution is 2.30. The van der Waals surface area contributed by atoms with Crippen LogP contribution >= 0.6 is 0 Å². The maximum atomic E-state index is 11.4. The number of hydrogen-bond donors (Lipinski definition) is 1. The van der Waals surface area contributed by atoms with Crippen molar-refractivity contribution in [2.75, 3.05) is 13.2 Å². The van der Waals surface area contributed by atoms with E-state index in [2.05, 4.69) is 0 Å². The first kappa shape index (κ1) is 10.3. The Balaban J connectivity index is 1.94. The molecular formula is C10H15NO4. The molecule has 1 N–H and O–H groups in total. The second-order valence-electron chi connectivity index (χ2n) is 4.16. The van der Waals surface area contributed by atoms with Crippen molar-refractivity contribution in [2.45, 2.75) is 31.7 Å². The highest BCUT2D eigenvalue weighted by molar-refractivity contribution is 5.71. The number of aliphatic carboxylic acids is 1. The van der Waals surface area contributed by atoms with E-state index in [1.54, 1.807) is 4.90 Å². The Morgan fingerprint density at radius 2 is 2.27 bits per heavy atom. The standard InChI is InChI=1S/C10H15NO4/c12-9(13)7-2-3-8(6-7)11-4-1-5-15-10(11)14/h7-8H,1-6H2,(H,12,13). The average Bonchev–Trinajstić information content (AvgIpc) is 2.67. The van der Waals surface area contributed by atoms with Crippen LogP contribution in [0.3, 0.4) is 0 Å². The van der Waals surface area contributed by atoms with Crippen molar-refractivity contribution in [3.63, 3.8) is 0 Å². The molecule has 15 heavy (non-hydrogen) atoms. The number of cyclic esters (lactones) is 1. The molecule has 1 heterocycles. The summed E-state index contributed by atoms with van der Waals surface area (Å²) in [6.07, 6.45) is 2.59. The highest BCUT2D eigenvalue weighted by Gasteiger charge is 2.36. The van der Waals surface area contributed by atoms with E-state index in [1.807, 2.05) is 0 Å². The number of nitrogens with zero attached hydrogens (tertiary/aromatic N) is 1. The van der Waals surface area contributed by atoms with E-state index >= 15 is 0 Å². The fourth-order valence-corrected chi connectivity index (χ4v) is 2.37. The van der Waals surface area contributed by atoms with Gasteiger partial charge in [0.25, 0.3) is 0 Å². The lowest BCUT2D eigenvalue weighted by Gasteiger charge is -2.31. The first-order chi connectivity index (χ1) is 7.18. The zero-order valence-corrected chi connectivity index (χ0v) is 8.52. The van der Waals surface area contributed by atoms with Crippen molar-refractivity contribution < 1.29 is 19.4 Å². The van der Waals surface area contributed by atoms with Crippen molar-refractivity contribution in [3.05, 3.63) is 0 Å². The van der Waals surface area contributed by atoms with Gasteiger partial charge >= 0.3 is 12.1 Å². The number of rotatable bonds is 2. The van der Waals surface area contributed by atoms with Crippen LogP contribution in [0.4, 0.5) is 4.79 Å². The number of carboxylic acid groups (broad SMARTS) is 1. The van der Waals surface area contributed by atoms with Crippen LogP contribution in [0, 0.1) is 5.92 Å². The molecule has 2 aliphatic rings. The Kier molecular flexibility index (Phi) is 2.79. The summed E-state index contributed by atoms with van der Waals surface area (Å²) in [6.45, 7) is 1.19. The first-order valence-electron chi connectivity index (χ1n) is 5.34. The van der Waals surface area contributed by atoms with E-state index in [9.17, 15) is 9.59 Å². The predicted octanol–water partition coefficient (Wildman–Crippen LogP) is 1.08. The van der Waals surface area contributed by atoms with Crippen LogP contribution in [0.25, 0.3) is 0 Å². The molecule has 5 heteroatoms. The van der Waals surface area contributed by atoms with Gasteiger partial charge in [-0.25, -0.2) is 4.79 Å². The van der Waals surface area contributed by atoms with E-state index in [4.69, 9.17) is 9.84 Å². The summed E-state index contributed by atoms with van der Waals surface area (Å²) < 4.78 is 4.94. The third-order valence-electron chi connectivity index (χ3n) is 3.20. The van der Waals surface area contributed by atoms with Gasteiger partial charge in [-0.3, -0.25) is 4.79 Å². The lowest BCUT2D eigenvalue weighted by Crippen LogP contribution is -2.43. The highest BCUT2D eigenvalue weighted by atomic mass is 16.6. The third kappa shape index (κ3) is 2.06. The van der Waals surface area contributed by atoms with Gasteiger partial charge in [-0.05, 0) is 25.7 Å². The second-order valence-corrected chi connectivity index (χ2v) is 4.16. The molecule has 0 aromatic carbocycles. The minimum absolute atomic E-state index is 0.0684. The van der Waals surface area contributed by atoms with Gasteiger partial charge in [-0.1, -0.05) is 0 Å². The third-order valence-corrected chi connectivity index (χ3v) is 3.20. The smallest absolute Gasteiger partial charge is 0.410 e. The Hall–Kier alpha value is -1.26. The summed E-state index contributed by atoms with van der Waals surface area (Å²) in [5, 5.41) is 8.86. The molecule has 84 valence electrons. The van der Waals surface area contributed by atoms with E-state index in [0.29, 0.717) is 26.0 Å². The summed E-state index contributed by atoms with van der Waals surface area (Å²) in [5.74, 6) is -1.03. The average molecular weight is 213 g/mol. The van der Waals surface area contributed by atoms with Crippen molar-refractivity contribution in [1.29, 1.82) is 0 Å². The Labute approximate surface area is 88.0 Å². The lowest BCUT2D eigenvalue weighted by atomic mass is 10.1. The van der Waals surface area contributed by atoms with Gasteiger partial charge in [-0.15, -0.1) is 0 Å². The van der Waals surface area contributed by atoms with Crippen molar-refractivity contribution >= 4 is 12.1 Å². The molecule has 0 aromatic rings. The van der Waals surface area contributed by atoms with E-state index in [-0.39, 0.29) is 18.1 Å². The Bertz CT molecular complexity index is 279. The quantitative estimate of drug-likeness (QED) is 0.745. The molecule has 0 aromatic heterocycles. The van der Waals surface area contributed by atoms with Crippen LogP contribution in [0.5, 0.6) is 0 Å². The summed E-state index contributed by atoms with van der Waals surface area (Å²) in [7, 11) is 0. The maximum Gasteiger partial charge on any atom is 0.410 e.